The number of hydrogen-bond donors (Lipinski definition) is 1. The molecule has 1 aliphatic carbocycles. The van der Waals surface area contributed by atoms with Crippen molar-refractivity contribution in [3.8, 4) is 0 Å². The molecule has 0 spiro atoms. The smallest absolute Gasteiger partial charge is 0.308 e. The Labute approximate surface area is 127 Å². The van der Waals surface area contributed by atoms with Crippen molar-refractivity contribution >= 4 is 11.9 Å². The number of halogens is 2. The summed E-state index contributed by atoms with van der Waals surface area (Å²) in [5.74, 6) is -3.42. The van der Waals surface area contributed by atoms with Gasteiger partial charge in [-0.25, -0.2) is 8.78 Å². The molecule has 1 atom stereocenters. The molecule has 0 aliphatic heterocycles. The van der Waals surface area contributed by atoms with Gasteiger partial charge in [-0.1, -0.05) is 19.4 Å². The fourth-order valence-corrected chi connectivity index (χ4v) is 2.94. The molecule has 1 amide bonds. The van der Waals surface area contributed by atoms with Gasteiger partial charge in [-0.3, -0.25) is 9.59 Å². The third-order valence-electron chi connectivity index (χ3n) is 4.38. The summed E-state index contributed by atoms with van der Waals surface area (Å²) in [6.07, 6.45) is 1.76. The van der Waals surface area contributed by atoms with Crippen LogP contribution in [-0.4, -0.2) is 35.5 Å². The molecule has 0 bridgehead atoms. The monoisotopic (exact) mass is 311 g/mol. The van der Waals surface area contributed by atoms with Crippen molar-refractivity contribution in [2.75, 3.05) is 13.6 Å². The lowest BCUT2D eigenvalue weighted by Crippen LogP contribution is -2.51. The van der Waals surface area contributed by atoms with Crippen LogP contribution in [0.2, 0.25) is 0 Å². The number of benzene rings is 1. The summed E-state index contributed by atoms with van der Waals surface area (Å²) in [7, 11) is 1.52. The standard InChI is InChI=1S/C16H19F2NO3/c1-10(14(20)21)9-19(2)15(22)16(6-3-7-16)12-5-4-11(17)8-13(12)18/h4-5,8,10H,3,6-7,9H2,1-2H3,(H,20,21). The molecular weight excluding hydrogens is 292 g/mol. The lowest BCUT2D eigenvalue weighted by atomic mass is 9.63. The third-order valence-corrected chi connectivity index (χ3v) is 4.38. The summed E-state index contributed by atoms with van der Waals surface area (Å²) < 4.78 is 27.2. The van der Waals surface area contributed by atoms with Crippen molar-refractivity contribution in [3.63, 3.8) is 0 Å². The second kappa shape index (κ2) is 6.02. The first kappa shape index (κ1) is 16.4. The van der Waals surface area contributed by atoms with Crippen LogP contribution < -0.4 is 0 Å². The zero-order valence-electron chi connectivity index (χ0n) is 12.6. The average Bonchev–Trinajstić information content (AvgIpc) is 2.39. The number of carboxylic acid groups (broad SMARTS) is 1. The highest BCUT2D eigenvalue weighted by Gasteiger charge is 2.48. The van der Waals surface area contributed by atoms with Crippen LogP contribution in [0.5, 0.6) is 0 Å². The SMILES string of the molecule is CC(CN(C)C(=O)C1(c2ccc(F)cc2F)CCC1)C(=O)O. The van der Waals surface area contributed by atoms with Gasteiger partial charge in [0, 0.05) is 25.2 Å². The van der Waals surface area contributed by atoms with Gasteiger partial charge in [0.15, 0.2) is 0 Å². The highest BCUT2D eigenvalue weighted by Crippen LogP contribution is 2.46. The summed E-state index contributed by atoms with van der Waals surface area (Å²) in [4.78, 5) is 25.0. The Bertz CT molecular complexity index is 599. The quantitative estimate of drug-likeness (QED) is 0.909. The minimum Gasteiger partial charge on any atom is -0.481 e. The van der Waals surface area contributed by atoms with E-state index in [-0.39, 0.29) is 18.0 Å². The Balaban J connectivity index is 2.26. The Morgan fingerprint density at radius 3 is 2.45 bits per heavy atom. The molecule has 1 fully saturated rings. The molecule has 1 saturated carbocycles. The van der Waals surface area contributed by atoms with E-state index < -0.39 is 28.9 Å². The predicted molar refractivity (Wildman–Crippen MR) is 76.3 cm³/mol. The first-order chi connectivity index (χ1) is 10.3. The molecule has 1 aromatic carbocycles. The zero-order valence-corrected chi connectivity index (χ0v) is 12.6. The molecule has 1 aromatic rings. The summed E-state index contributed by atoms with van der Waals surface area (Å²) in [5, 5.41) is 8.94. The Morgan fingerprint density at radius 2 is 2.00 bits per heavy atom. The Hall–Kier alpha value is -1.98. The van der Waals surface area contributed by atoms with E-state index >= 15 is 0 Å². The largest absolute Gasteiger partial charge is 0.481 e. The van der Waals surface area contributed by atoms with Gasteiger partial charge in [-0.2, -0.15) is 0 Å². The number of likely N-dealkylation sites (N-methyl/N-ethyl adjacent to an activating group) is 1. The van der Waals surface area contributed by atoms with E-state index in [4.69, 9.17) is 5.11 Å². The van der Waals surface area contributed by atoms with Gasteiger partial charge in [0.25, 0.3) is 0 Å². The van der Waals surface area contributed by atoms with Crippen LogP contribution >= 0.6 is 0 Å². The van der Waals surface area contributed by atoms with Crippen molar-refractivity contribution in [1.82, 2.24) is 4.90 Å². The second-order valence-corrected chi connectivity index (χ2v) is 5.98. The molecule has 1 unspecified atom stereocenters. The molecule has 2 rings (SSSR count). The second-order valence-electron chi connectivity index (χ2n) is 5.98. The maximum Gasteiger partial charge on any atom is 0.308 e. The van der Waals surface area contributed by atoms with E-state index in [1.807, 2.05) is 0 Å². The minimum atomic E-state index is -0.995. The van der Waals surface area contributed by atoms with Gasteiger partial charge in [0.2, 0.25) is 5.91 Å². The fourth-order valence-electron chi connectivity index (χ4n) is 2.94. The number of carbonyl (C=O) groups is 2. The molecule has 0 radical (unpaired) electrons. The number of nitrogens with zero attached hydrogens (tertiary/aromatic N) is 1. The third kappa shape index (κ3) is 2.82. The van der Waals surface area contributed by atoms with E-state index in [0.717, 1.165) is 18.6 Å². The number of amides is 1. The predicted octanol–water partition coefficient (Wildman–Crippen LogP) is 2.57. The first-order valence-electron chi connectivity index (χ1n) is 7.22. The number of rotatable bonds is 5. The van der Waals surface area contributed by atoms with Gasteiger partial charge in [0.05, 0.1) is 11.3 Å². The maximum absolute atomic E-state index is 14.1. The average molecular weight is 311 g/mol. The highest BCUT2D eigenvalue weighted by atomic mass is 19.1. The van der Waals surface area contributed by atoms with Gasteiger partial charge in [-0.05, 0) is 18.9 Å². The lowest BCUT2D eigenvalue weighted by Gasteiger charge is -2.43. The molecule has 6 heteroatoms. The normalized spacial score (nSPS) is 17.5. The molecule has 4 nitrogen and oxygen atoms in total. The number of carboxylic acids is 1. The molecule has 0 aromatic heterocycles. The van der Waals surface area contributed by atoms with E-state index in [9.17, 15) is 18.4 Å². The number of aliphatic carboxylic acids is 1. The van der Waals surface area contributed by atoms with E-state index in [1.165, 1.54) is 24.9 Å². The van der Waals surface area contributed by atoms with Crippen molar-refractivity contribution in [1.29, 1.82) is 0 Å². The minimum absolute atomic E-state index is 0.0543. The summed E-state index contributed by atoms with van der Waals surface area (Å²) >= 11 is 0. The molecule has 0 heterocycles. The van der Waals surface area contributed by atoms with E-state index in [1.54, 1.807) is 0 Å². The van der Waals surface area contributed by atoms with Crippen LogP contribution in [0.4, 0.5) is 8.78 Å². The molecule has 0 saturated heterocycles. The van der Waals surface area contributed by atoms with Crippen LogP contribution in [-0.2, 0) is 15.0 Å². The molecule has 22 heavy (non-hydrogen) atoms. The Kier molecular flexibility index (Phi) is 4.49. The van der Waals surface area contributed by atoms with Crippen LogP contribution in [0, 0.1) is 17.6 Å². The van der Waals surface area contributed by atoms with Crippen molar-refractivity contribution in [2.24, 2.45) is 5.92 Å². The summed E-state index contributed by atoms with van der Waals surface area (Å²) in [6, 6.07) is 3.24. The van der Waals surface area contributed by atoms with Gasteiger partial charge in [-0.15, -0.1) is 0 Å². The fraction of sp³-hybridized carbons (Fsp3) is 0.500. The summed E-state index contributed by atoms with van der Waals surface area (Å²) in [5.41, 5.74) is -0.801. The lowest BCUT2D eigenvalue weighted by molar-refractivity contribution is -0.145. The first-order valence-corrected chi connectivity index (χ1v) is 7.22. The summed E-state index contributed by atoms with van der Waals surface area (Å²) in [6.45, 7) is 1.57. The van der Waals surface area contributed by atoms with Gasteiger partial charge in [0.1, 0.15) is 11.6 Å². The number of hydrogen-bond acceptors (Lipinski definition) is 2. The molecular formula is C16H19F2NO3. The maximum atomic E-state index is 14.1. The van der Waals surface area contributed by atoms with Crippen molar-refractivity contribution in [2.45, 2.75) is 31.6 Å². The molecule has 1 aliphatic rings. The molecule has 1 N–H and O–H groups in total. The highest BCUT2D eigenvalue weighted by molar-refractivity contribution is 5.89. The zero-order chi connectivity index (χ0) is 16.5. The number of carbonyl (C=O) groups excluding carboxylic acids is 1. The Morgan fingerprint density at radius 1 is 1.36 bits per heavy atom. The van der Waals surface area contributed by atoms with Crippen LogP contribution in [0.3, 0.4) is 0 Å². The molecule has 120 valence electrons. The van der Waals surface area contributed by atoms with Crippen LogP contribution in [0.15, 0.2) is 18.2 Å². The van der Waals surface area contributed by atoms with Crippen LogP contribution in [0.1, 0.15) is 31.7 Å². The van der Waals surface area contributed by atoms with Crippen LogP contribution in [0.25, 0.3) is 0 Å². The van der Waals surface area contributed by atoms with Crippen molar-refractivity contribution in [3.05, 3.63) is 35.4 Å². The van der Waals surface area contributed by atoms with E-state index in [0.29, 0.717) is 12.8 Å². The van der Waals surface area contributed by atoms with Crippen molar-refractivity contribution < 1.29 is 23.5 Å². The van der Waals surface area contributed by atoms with E-state index in [2.05, 4.69) is 0 Å². The van der Waals surface area contributed by atoms with Gasteiger partial charge >= 0.3 is 5.97 Å². The topological polar surface area (TPSA) is 57.6 Å². The van der Waals surface area contributed by atoms with Gasteiger partial charge < -0.3 is 10.0 Å².